The summed E-state index contributed by atoms with van der Waals surface area (Å²) in [6.07, 6.45) is 1.27. The van der Waals surface area contributed by atoms with E-state index in [4.69, 9.17) is 5.11 Å². The van der Waals surface area contributed by atoms with Crippen molar-refractivity contribution < 1.29 is 19.4 Å². The molecule has 0 spiro atoms. The first kappa shape index (κ1) is 11.9. The number of esters is 1. The second kappa shape index (κ2) is 6.46. The average molecular weight is 188 g/mol. The zero-order valence-corrected chi connectivity index (χ0v) is 8.08. The molecule has 0 aliphatic rings. The van der Waals surface area contributed by atoms with E-state index in [9.17, 15) is 9.59 Å². The molecule has 0 rings (SSSR count). The van der Waals surface area contributed by atoms with Gasteiger partial charge in [-0.1, -0.05) is 13.3 Å². The molecule has 0 radical (unpaired) electrons. The van der Waals surface area contributed by atoms with E-state index in [0.717, 1.165) is 6.42 Å². The monoisotopic (exact) mass is 188 g/mol. The Kier molecular flexibility index (Phi) is 5.93. The largest absolute Gasteiger partial charge is 0.481 e. The van der Waals surface area contributed by atoms with Gasteiger partial charge in [0.2, 0.25) is 0 Å². The minimum atomic E-state index is -0.921. The van der Waals surface area contributed by atoms with E-state index >= 15 is 0 Å². The highest BCUT2D eigenvalue weighted by atomic mass is 16.5. The molecule has 0 amide bonds. The van der Waals surface area contributed by atoms with E-state index in [1.54, 1.807) is 6.92 Å². The fraction of sp³-hybridized carbons (Fsp3) is 0.778. The molecule has 0 unspecified atom stereocenters. The third-order valence-corrected chi connectivity index (χ3v) is 1.70. The topological polar surface area (TPSA) is 63.6 Å². The zero-order valence-electron chi connectivity index (χ0n) is 8.08. The van der Waals surface area contributed by atoms with Crippen LogP contribution in [0, 0.1) is 5.92 Å². The molecule has 0 bridgehead atoms. The first-order valence-corrected chi connectivity index (χ1v) is 4.50. The fourth-order valence-electron chi connectivity index (χ4n) is 1.08. The number of hydrogen-bond donors (Lipinski definition) is 1. The minimum absolute atomic E-state index is 0.0169. The molecule has 0 fully saturated rings. The summed E-state index contributed by atoms with van der Waals surface area (Å²) in [7, 11) is 0. The van der Waals surface area contributed by atoms with Crippen LogP contribution in [0.3, 0.4) is 0 Å². The van der Waals surface area contributed by atoms with Crippen LogP contribution in [0.15, 0.2) is 0 Å². The summed E-state index contributed by atoms with van der Waals surface area (Å²) in [5, 5.41) is 8.71. The lowest BCUT2D eigenvalue weighted by molar-refractivity contribution is -0.151. The molecule has 0 aromatic carbocycles. The first-order valence-electron chi connectivity index (χ1n) is 4.50. The van der Waals surface area contributed by atoms with Gasteiger partial charge in [-0.25, -0.2) is 0 Å². The highest BCUT2D eigenvalue weighted by Crippen LogP contribution is 2.12. The molecule has 13 heavy (non-hydrogen) atoms. The van der Waals surface area contributed by atoms with Gasteiger partial charge in [0.25, 0.3) is 0 Å². The van der Waals surface area contributed by atoms with Crippen LogP contribution >= 0.6 is 0 Å². The Labute approximate surface area is 77.9 Å². The Hall–Kier alpha value is -1.06. The van der Waals surface area contributed by atoms with E-state index < -0.39 is 17.9 Å². The van der Waals surface area contributed by atoms with Crippen LogP contribution in [0.25, 0.3) is 0 Å². The summed E-state index contributed by atoms with van der Waals surface area (Å²) >= 11 is 0. The summed E-state index contributed by atoms with van der Waals surface area (Å²) in [6, 6.07) is 0. The van der Waals surface area contributed by atoms with Crippen molar-refractivity contribution in [2.24, 2.45) is 5.92 Å². The number of carboxylic acid groups (broad SMARTS) is 1. The maximum atomic E-state index is 10.9. The third-order valence-electron chi connectivity index (χ3n) is 1.70. The molecule has 0 aliphatic carbocycles. The SMILES string of the molecule is CCC[C@H](CC(=O)OCC)C(=O)O. The molecule has 0 aromatic heterocycles. The van der Waals surface area contributed by atoms with Gasteiger partial charge in [-0.2, -0.15) is 0 Å². The molecule has 0 aliphatic heterocycles. The van der Waals surface area contributed by atoms with Crippen molar-refractivity contribution in [3.05, 3.63) is 0 Å². The second-order valence-corrected chi connectivity index (χ2v) is 2.83. The lowest BCUT2D eigenvalue weighted by Crippen LogP contribution is -2.19. The number of carbonyl (C=O) groups excluding carboxylic acids is 1. The maximum absolute atomic E-state index is 10.9. The van der Waals surface area contributed by atoms with Gasteiger partial charge < -0.3 is 9.84 Å². The fourth-order valence-corrected chi connectivity index (χ4v) is 1.08. The standard InChI is InChI=1S/C9H16O4/c1-3-5-7(9(11)12)6-8(10)13-4-2/h7H,3-6H2,1-2H3,(H,11,12)/t7-/m1/s1. The lowest BCUT2D eigenvalue weighted by atomic mass is 10.0. The van der Waals surface area contributed by atoms with Gasteiger partial charge >= 0.3 is 11.9 Å². The van der Waals surface area contributed by atoms with Gasteiger partial charge in [0.1, 0.15) is 0 Å². The van der Waals surface area contributed by atoms with Crippen molar-refractivity contribution >= 4 is 11.9 Å². The third kappa shape index (κ3) is 5.22. The normalized spacial score (nSPS) is 12.2. The number of hydrogen-bond acceptors (Lipinski definition) is 3. The van der Waals surface area contributed by atoms with Gasteiger partial charge in [-0.15, -0.1) is 0 Å². The molecule has 1 atom stereocenters. The van der Waals surface area contributed by atoms with Crippen molar-refractivity contribution in [2.75, 3.05) is 6.61 Å². The van der Waals surface area contributed by atoms with Crippen LogP contribution in [-0.4, -0.2) is 23.7 Å². The maximum Gasteiger partial charge on any atom is 0.307 e. The van der Waals surface area contributed by atoms with E-state index in [-0.39, 0.29) is 6.42 Å². The molecule has 76 valence electrons. The number of rotatable bonds is 6. The number of aliphatic carboxylic acids is 1. The van der Waals surface area contributed by atoms with Gasteiger partial charge in [-0.3, -0.25) is 9.59 Å². The molecule has 0 aromatic rings. The van der Waals surface area contributed by atoms with E-state index in [1.807, 2.05) is 6.92 Å². The quantitative estimate of drug-likeness (QED) is 0.640. The average Bonchev–Trinajstić information content (AvgIpc) is 2.04. The van der Waals surface area contributed by atoms with E-state index in [0.29, 0.717) is 13.0 Å². The smallest absolute Gasteiger partial charge is 0.307 e. The summed E-state index contributed by atoms with van der Waals surface area (Å²) in [6.45, 7) is 3.89. The molecule has 4 nitrogen and oxygen atoms in total. The second-order valence-electron chi connectivity index (χ2n) is 2.83. The van der Waals surface area contributed by atoms with Crippen molar-refractivity contribution in [3.63, 3.8) is 0 Å². The van der Waals surface area contributed by atoms with Crippen molar-refractivity contribution in [1.82, 2.24) is 0 Å². The Morgan fingerprint density at radius 1 is 1.38 bits per heavy atom. The molecule has 1 N–H and O–H groups in total. The molecule has 0 heterocycles. The van der Waals surface area contributed by atoms with E-state index in [1.165, 1.54) is 0 Å². The molecule has 0 saturated carbocycles. The van der Waals surface area contributed by atoms with Crippen LogP contribution < -0.4 is 0 Å². The predicted octanol–water partition coefficient (Wildman–Crippen LogP) is 1.44. The minimum Gasteiger partial charge on any atom is -0.481 e. The zero-order chi connectivity index (χ0) is 10.3. The van der Waals surface area contributed by atoms with Gasteiger partial charge in [0.15, 0.2) is 0 Å². The summed E-state index contributed by atoms with van der Waals surface area (Å²) in [5.41, 5.74) is 0. The highest BCUT2D eigenvalue weighted by molar-refractivity contribution is 5.78. The summed E-state index contributed by atoms with van der Waals surface area (Å²) in [4.78, 5) is 21.6. The number of carboxylic acids is 1. The molecular formula is C9H16O4. The number of ether oxygens (including phenoxy) is 1. The number of carbonyl (C=O) groups is 2. The van der Waals surface area contributed by atoms with Crippen LogP contribution in [-0.2, 0) is 14.3 Å². The summed E-state index contributed by atoms with van der Waals surface area (Å²) < 4.78 is 4.67. The predicted molar refractivity (Wildman–Crippen MR) is 47.3 cm³/mol. The highest BCUT2D eigenvalue weighted by Gasteiger charge is 2.20. The molecular weight excluding hydrogens is 172 g/mol. The Morgan fingerprint density at radius 3 is 2.38 bits per heavy atom. The van der Waals surface area contributed by atoms with Crippen molar-refractivity contribution in [2.45, 2.75) is 33.1 Å². The van der Waals surface area contributed by atoms with Crippen LogP contribution in [0.4, 0.5) is 0 Å². The van der Waals surface area contributed by atoms with Crippen LogP contribution in [0.2, 0.25) is 0 Å². The van der Waals surface area contributed by atoms with Gasteiger partial charge in [0, 0.05) is 0 Å². The van der Waals surface area contributed by atoms with Crippen molar-refractivity contribution in [3.8, 4) is 0 Å². The summed E-state index contributed by atoms with van der Waals surface area (Å²) in [5.74, 6) is -1.94. The van der Waals surface area contributed by atoms with E-state index in [2.05, 4.69) is 4.74 Å². The molecule has 0 saturated heterocycles. The van der Waals surface area contributed by atoms with Crippen LogP contribution in [0.1, 0.15) is 33.1 Å². The van der Waals surface area contributed by atoms with Gasteiger partial charge in [-0.05, 0) is 13.3 Å². The molecule has 4 heteroatoms. The first-order chi connectivity index (χ1) is 6.11. The van der Waals surface area contributed by atoms with Crippen LogP contribution in [0.5, 0.6) is 0 Å². The lowest BCUT2D eigenvalue weighted by Gasteiger charge is -2.09. The van der Waals surface area contributed by atoms with Gasteiger partial charge in [0.05, 0.1) is 18.9 Å². The van der Waals surface area contributed by atoms with Crippen molar-refractivity contribution in [1.29, 1.82) is 0 Å². The Bertz CT molecular complexity index is 176. The Morgan fingerprint density at radius 2 is 2.00 bits per heavy atom. The Balaban J connectivity index is 3.94.